The van der Waals surface area contributed by atoms with Gasteiger partial charge in [-0.05, 0) is 25.0 Å². The molecule has 0 spiro atoms. The highest BCUT2D eigenvalue weighted by Gasteiger charge is 2.42. The predicted octanol–water partition coefficient (Wildman–Crippen LogP) is 3.18. The molecule has 5 rings (SSSR count). The summed E-state index contributed by atoms with van der Waals surface area (Å²) in [4.78, 5) is 24.2. The molecule has 26 heavy (non-hydrogen) atoms. The summed E-state index contributed by atoms with van der Waals surface area (Å²) in [6.07, 6.45) is 5.58. The molecule has 0 bridgehead atoms. The van der Waals surface area contributed by atoms with E-state index in [1.165, 1.54) is 41.4 Å². The van der Waals surface area contributed by atoms with Crippen molar-refractivity contribution >= 4 is 39.9 Å². The maximum absolute atomic E-state index is 12.5. The Morgan fingerprint density at radius 1 is 1.23 bits per heavy atom. The van der Waals surface area contributed by atoms with Crippen LogP contribution in [0.3, 0.4) is 0 Å². The molecule has 0 unspecified atom stereocenters. The molecule has 4 heterocycles. The second-order valence-electron chi connectivity index (χ2n) is 7.26. The molecule has 2 fully saturated rings. The fraction of sp³-hybridized carbons (Fsp3) is 0.579. The molecule has 1 aromatic rings. The average molecular weight is 390 g/mol. The van der Waals surface area contributed by atoms with Crippen LogP contribution in [0.25, 0.3) is 5.70 Å². The normalized spacial score (nSPS) is 27.8. The van der Waals surface area contributed by atoms with Crippen LogP contribution in [-0.2, 0) is 16.0 Å². The summed E-state index contributed by atoms with van der Waals surface area (Å²) in [5.41, 5.74) is 1.29. The number of hydrogen-bond donors (Lipinski definition) is 0. The predicted molar refractivity (Wildman–Crippen MR) is 106 cm³/mol. The van der Waals surface area contributed by atoms with Gasteiger partial charge in [0.05, 0.1) is 42.3 Å². The van der Waals surface area contributed by atoms with Crippen LogP contribution in [0, 0.1) is 0 Å². The van der Waals surface area contributed by atoms with Crippen LogP contribution in [0.4, 0.5) is 0 Å². The molecule has 1 saturated heterocycles. The Kier molecular flexibility index (Phi) is 4.54. The fourth-order valence-electron chi connectivity index (χ4n) is 4.28. The third-order valence-corrected chi connectivity index (χ3v) is 7.61. The highest BCUT2D eigenvalue weighted by molar-refractivity contribution is 8.16. The minimum Gasteiger partial charge on any atom is -0.378 e. The van der Waals surface area contributed by atoms with E-state index < -0.39 is 0 Å². The molecule has 3 aliphatic heterocycles. The number of amidine groups is 1. The van der Waals surface area contributed by atoms with Crippen molar-refractivity contribution in [3.05, 3.63) is 27.3 Å². The van der Waals surface area contributed by atoms with E-state index in [2.05, 4.69) is 22.4 Å². The van der Waals surface area contributed by atoms with Crippen LogP contribution >= 0.6 is 23.1 Å². The Morgan fingerprint density at radius 2 is 2.08 bits per heavy atom. The SMILES string of the molecule is O=C(Cc1ccc(C2=CSC3=N[C@H]4CCCC[C@H]4N23)s1)N1CCOCC1. The minimum atomic E-state index is 0.215. The minimum absolute atomic E-state index is 0.215. The van der Waals surface area contributed by atoms with Crippen LogP contribution in [0.2, 0.25) is 0 Å². The van der Waals surface area contributed by atoms with Crippen molar-refractivity contribution in [1.82, 2.24) is 9.80 Å². The lowest BCUT2D eigenvalue weighted by molar-refractivity contribution is -0.134. The molecular weight excluding hydrogens is 366 g/mol. The molecule has 0 aromatic carbocycles. The van der Waals surface area contributed by atoms with Crippen LogP contribution in [0.5, 0.6) is 0 Å². The highest BCUT2D eigenvalue weighted by atomic mass is 32.2. The van der Waals surface area contributed by atoms with Crippen LogP contribution < -0.4 is 0 Å². The van der Waals surface area contributed by atoms with Gasteiger partial charge in [0.2, 0.25) is 5.91 Å². The van der Waals surface area contributed by atoms with Crippen molar-refractivity contribution in [3.8, 4) is 0 Å². The van der Waals surface area contributed by atoms with Gasteiger partial charge in [0.1, 0.15) is 0 Å². The first-order chi connectivity index (χ1) is 12.8. The van der Waals surface area contributed by atoms with Gasteiger partial charge < -0.3 is 14.5 Å². The molecule has 4 aliphatic rings. The van der Waals surface area contributed by atoms with Crippen molar-refractivity contribution in [2.75, 3.05) is 26.3 Å². The van der Waals surface area contributed by atoms with Gasteiger partial charge in [-0.1, -0.05) is 24.6 Å². The van der Waals surface area contributed by atoms with Crippen LogP contribution in [0.15, 0.2) is 22.5 Å². The summed E-state index contributed by atoms with van der Waals surface area (Å²) in [5.74, 6) is 0.215. The van der Waals surface area contributed by atoms with Gasteiger partial charge in [-0.15, -0.1) is 11.3 Å². The molecule has 0 radical (unpaired) electrons. The number of aliphatic imine (C=N–C) groups is 1. The van der Waals surface area contributed by atoms with Gasteiger partial charge in [0.25, 0.3) is 0 Å². The maximum atomic E-state index is 12.5. The number of carbonyl (C=O) groups excluding carboxylic acids is 1. The number of rotatable bonds is 3. The zero-order chi connectivity index (χ0) is 17.5. The Labute approximate surface area is 162 Å². The first-order valence-electron chi connectivity index (χ1n) is 9.48. The Hall–Kier alpha value is -1.31. The smallest absolute Gasteiger partial charge is 0.227 e. The number of ether oxygens (including phenoxy) is 1. The zero-order valence-electron chi connectivity index (χ0n) is 14.7. The molecule has 2 atom stereocenters. The number of thiophene rings is 1. The van der Waals surface area contributed by atoms with Crippen molar-refractivity contribution in [2.45, 2.75) is 44.2 Å². The lowest BCUT2D eigenvalue weighted by atomic mass is 9.90. The summed E-state index contributed by atoms with van der Waals surface area (Å²) in [6.45, 7) is 2.75. The molecule has 5 nitrogen and oxygen atoms in total. The summed E-state index contributed by atoms with van der Waals surface area (Å²) in [6, 6.07) is 5.32. The molecule has 1 aromatic heterocycles. The number of fused-ring (bicyclic) bond motifs is 3. The number of nitrogens with zero attached hydrogens (tertiary/aromatic N) is 3. The second kappa shape index (κ2) is 7.02. The van der Waals surface area contributed by atoms with Crippen molar-refractivity contribution in [3.63, 3.8) is 0 Å². The highest BCUT2D eigenvalue weighted by Crippen LogP contribution is 2.45. The fourth-order valence-corrected chi connectivity index (χ4v) is 6.37. The summed E-state index contributed by atoms with van der Waals surface area (Å²) < 4.78 is 5.34. The zero-order valence-corrected chi connectivity index (χ0v) is 16.4. The van der Waals surface area contributed by atoms with Gasteiger partial charge in [0, 0.05) is 23.4 Å². The number of carbonyl (C=O) groups is 1. The Morgan fingerprint density at radius 3 is 2.96 bits per heavy atom. The summed E-state index contributed by atoms with van der Waals surface area (Å²) in [7, 11) is 0. The van der Waals surface area contributed by atoms with Gasteiger partial charge >= 0.3 is 0 Å². The molecule has 1 saturated carbocycles. The van der Waals surface area contributed by atoms with Gasteiger partial charge in [-0.3, -0.25) is 9.79 Å². The molecule has 0 N–H and O–H groups in total. The van der Waals surface area contributed by atoms with Crippen molar-refractivity contribution in [1.29, 1.82) is 0 Å². The summed E-state index contributed by atoms with van der Waals surface area (Å²) in [5, 5.41) is 3.42. The standard InChI is InChI=1S/C19H23N3O2S2/c23-18(21-7-9-24-10-8-21)11-13-5-6-17(26-13)16-12-25-19-20-14-3-1-2-4-15(14)22(16)19/h5-6,12,14-15H,1-4,7-11H2/t14-,15+/m0/s1. The number of amides is 1. The van der Waals surface area contributed by atoms with E-state index >= 15 is 0 Å². The number of morpholine rings is 1. The lowest BCUT2D eigenvalue weighted by Crippen LogP contribution is -2.41. The second-order valence-corrected chi connectivity index (χ2v) is 9.26. The molecule has 1 aliphatic carbocycles. The largest absolute Gasteiger partial charge is 0.378 e. The Bertz CT molecular complexity index is 767. The maximum Gasteiger partial charge on any atom is 0.227 e. The van der Waals surface area contributed by atoms with Gasteiger partial charge in [-0.2, -0.15) is 0 Å². The molecule has 138 valence electrons. The third-order valence-electron chi connectivity index (χ3n) is 5.65. The van der Waals surface area contributed by atoms with Crippen molar-refractivity contribution in [2.24, 2.45) is 4.99 Å². The molecule has 1 amide bonds. The first kappa shape index (κ1) is 16.8. The van der Waals surface area contributed by atoms with E-state index in [1.54, 1.807) is 23.1 Å². The molecular formula is C19H23N3O2S2. The third kappa shape index (κ3) is 3.00. The van der Waals surface area contributed by atoms with Gasteiger partial charge in [0.15, 0.2) is 5.17 Å². The van der Waals surface area contributed by atoms with Crippen LogP contribution in [0.1, 0.15) is 35.4 Å². The van der Waals surface area contributed by atoms with Gasteiger partial charge in [-0.25, -0.2) is 0 Å². The number of thioether (sulfide) groups is 1. The van der Waals surface area contributed by atoms with E-state index in [4.69, 9.17) is 9.73 Å². The molecule has 7 heteroatoms. The quantitative estimate of drug-likeness (QED) is 0.797. The number of hydrogen-bond acceptors (Lipinski definition) is 6. The van der Waals surface area contributed by atoms with Crippen LogP contribution in [-0.4, -0.2) is 59.3 Å². The monoisotopic (exact) mass is 389 g/mol. The average Bonchev–Trinajstić information content (AvgIpc) is 3.37. The lowest BCUT2D eigenvalue weighted by Gasteiger charge is -2.31. The van der Waals surface area contributed by atoms with E-state index in [0.717, 1.165) is 18.0 Å². The van der Waals surface area contributed by atoms with E-state index in [9.17, 15) is 4.79 Å². The van der Waals surface area contributed by atoms with E-state index in [0.29, 0.717) is 31.7 Å². The topological polar surface area (TPSA) is 45.1 Å². The van der Waals surface area contributed by atoms with E-state index in [-0.39, 0.29) is 5.91 Å². The van der Waals surface area contributed by atoms with E-state index in [1.807, 2.05) is 4.90 Å². The first-order valence-corrected chi connectivity index (χ1v) is 11.2. The van der Waals surface area contributed by atoms with Crippen molar-refractivity contribution < 1.29 is 9.53 Å². The summed E-state index contributed by atoms with van der Waals surface area (Å²) >= 11 is 3.51. The Balaban J connectivity index is 1.29.